The number of likely N-dealkylation sites (tertiary alicyclic amines) is 1. The number of rotatable bonds is 6. The topological polar surface area (TPSA) is 75.7 Å². The molecule has 0 saturated carbocycles. The molecule has 6 nitrogen and oxygen atoms in total. The Bertz CT molecular complexity index is 897. The zero-order valence-corrected chi connectivity index (χ0v) is 16.4. The van der Waals surface area contributed by atoms with Gasteiger partial charge in [-0.3, -0.25) is 9.52 Å². The standard InChI is InChI=1S/C20H24N2O4S/c1-15-11-16(2)13-17(12-15)21-27(24,25)19-7-5-18(6-8-19)26-14-20(23)22-9-3-4-10-22/h5-8,11-13,21H,3-4,9-10,14H2,1-2H3. The van der Waals surface area contributed by atoms with Gasteiger partial charge in [0.2, 0.25) is 0 Å². The first-order valence-electron chi connectivity index (χ1n) is 8.95. The highest BCUT2D eigenvalue weighted by Gasteiger charge is 2.18. The van der Waals surface area contributed by atoms with Crippen molar-refractivity contribution in [1.82, 2.24) is 4.90 Å². The molecule has 1 aliphatic heterocycles. The normalized spacial score (nSPS) is 14.2. The highest BCUT2D eigenvalue weighted by Crippen LogP contribution is 2.21. The lowest BCUT2D eigenvalue weighted by atomic mass is 10.1. The molecular formula is C20H24N2O4S. The minimum Gasteiger partial charge on any atom is -0.484 e. The summed E-state index contributed by atoms with van der Waals surface area (Å²) in [5.74, 6) is 0.425. The van der Waals surface area contributed by atoms with E-state index in [0.29, 0.717) is 11.4 Å². The average Bonchev–Trinajstić information content (AvgIpc) is 3.13. The summed E-state index contributed by atoms with van der Waals surface area (Å²) in [7, 11) is -3.69. The van der Waals surface area contributed by atoms with Gasteiger partial charge in [-0.05, 0) is 74.2 Å². The molecule has 2 aromatic rings. The molecule has 1 heterocycles. The van der Waals surface area contributed by atoms with Crippen molar-refractivity contribution < 1.29 is 17.9 Å². The first-order valence-corrected chi connectivity index (χ1v) is 10.4. The molecule has 0 spiro atoms. The minimum atomic E-state index is -3.69. The van der Waals surface area contributed by atoms with Crippen LogP contribution in [0.25, 0.3) is 0 Å². The lowest BCUT2D eigenvalue weighted by Gasteiger charge is -2.15. The number of nitrogens with zero attached hydrogens (tertiary/aromatic N) is 1. The number of aryl methyl sites for hydroxylation is 2. The van der Waals surface area contributed by atoms with E-state index in [0.717, 1.165) is 37.1 Å². The molecule has 0 aliphatic carbocycles. The molecule has 1 saturated heterocycles. The second kappa shape index (κ2) is 8.00. The zero-order valence-electron chi connectivity index (χ0n) is 15.6. The summed E-state index contributed by atoms with van der Waals surface area (Å²) in [5, 5.41) is 0. The SMILES string of the molecule is Cc1cc(C)cc(NS(=O)(=O)c2ccc(OCC(=O)N3CCCC3)cc2)c1. The Kier molecular flexibility index (Phi) is 5.70. The van der Waals surface area contributed by atoms with Crippen LogP contribution in [0.2, 0.25) is 0 Å². The van der Waals surface area contributed by atoms with Gasteiger partial charge in [0.25, 0.3) is 15.9 Å². The minimum absolute atomic E-state index is 0.0348. The molecule has 0 aromatic heterocycles. The Balaban J connectivity index is 1.63. The van der Waals surface area contributed by atoms with Gasteiger partial charge in [-0.15, -0.1) is 0 Å². The van der Waals surface area contributed by atoms with Crippen molar-refractivity contribution in [3.63, 3.8) is 0 Å². The predicted molar refractivity (Wildman–Crippen MR) is 104 cm³/mol. The fourth-order valence-electron chi connectivity index (χ4n) is 3.17. The van der Waals surface area contributed by atoms with Crippen molar-refractivity contribution >= 4 is 21.6 Å². The van der Waals surface area contributed by atoms with Gasteiger partial charge >= 0.3 is 0 Å². The lowest BCUT2D eigenvalue weighted by Crippen LogP contribution is -2.32. The maximum Gasteiger partial charge on any atom is 0.261 e. The highest BCUT2D eigenvalue weighted by atomic mass is 32.2. The maximum atomic E-state index is 12.6. The zero-order chi connectivity index (χ0) is 19.4. The molecular weight excluding hydrogens is 364 g/mol. The maximum absolute atomic E-state index is 12.6. The summed E-state index contributed by atoms with van der Waals surface area (Å²) >= 11 is 0. The Morgan fingerprint density at radius 1 is 1.04 bits per heavy atom. The van der Waals surface area contributed by atoms with Crippen LogP contribution < -0.4 is 9.46 Å². The second-order valence-corrected chi connectivity index (χ2v) is 8.51. The van der Waals surface area contributed by atoms with Crippen molar-refractivity contribution in [2.24, 2.45) is 0 Å². The quantitative estimate of drug-likeness (QED) is 0.825. The van der Waals surface area contributed by atoms with E-state index in [1.165, 1.54) is 12.1 Å². The Hall–Kier alpha value is -2.54. The molecule has 144 valence electrons. The Morgan fingerprint density at radius 2 is 1.63 bits per heavy atom. The van der Waals surface area contributed by atoms with Crippen molar-refractivity contribution in [3.05, 3.63) is 53.6 Å². The fourth-order valence-corrected chi connectivity index (χ4v) is 4.21. The van der Waals surface area contributed by atoms with Gasteiger partial charge in [0.05, 0.1) is 4.90 Å². The van der Waals surface area contributed by atoms with E-state index in [1.54, 1.807) is 29.2 Å². The smallest absolute Gasteiger partial charge is 0.261 e. The average molecular weight is 388 g/mol. The van der Waals surface area contributed by atoms with Crippen LogP contribution in [0.3, 0.4) is 0 Å². The van der Waals surface area contributed by atoms with Crippen molar-refractivity contribution in [2.45, 2.75) is 31.6 Å². The highest BCUT2D eigenvalue weighted by molar-refractivity contribution is 7.92. The van der Waals surface area contributed by atoms with Gasteiger partial charge in [0.15, 0.2) is 6.61 Å². The Morgan fingerprint density at radius 3 is 2.22 bits per heavy atom. The van der Waals surface area contributed by atoms with Gasteiger partial charge in [-0.1, -0.05) is 6.07 Å². The summed E-state index contributed by atoms with van der Waals surface area (Å²) in [4.78, 5) is 13.9. The summed E-state index contributed by atoms with van der Waals surface area (Å²) in [6.45, 7) is 5.36. The largest absolute Gasteiger partial charge is 0.484 e. The third kappa shape index (κ3) is 5.01. The van der Waals surface area contributed by atoms with Crippen LogP contribution in [-0.4, -0.2) is 38.9 Å². The van der Waals surface area contributed by atoms with Crippen LogP contribution >= 0.6 is 0 Å². The van der Waals surface area contributed by atoms with Gasteiger partial charge in [-0.2, -0.15) is 0 Å². The second-order valence-electron chi connectivity index (χ2n) is 6.83. The number of hydrogen-bond acceptors (Lipinski definition) is 4. The predicted octanol–water partition coefficient (Wildman–Crippen LogP) is 3.11. The van der Waals surface area contributed by atoms with Crippen molar-refractivity contribution in [2.75, 3.05) is 24.4 Å². The fraction of sp³-hybridized carbons (Fsp3) is 0.350. The van der Waals surface area contributed by atoms with Gasteiger partial charge in [0.1, 0.15) is 5.75 Å². The van der Waals surface area contributed by atoms with Crippen LogP contribution in [0.15, 0.2) is 47.4 Å². The van der Waals surface area contributed by atoms with E-state index in [9.17, 15) is 13.2 Å². The van der Waals surface area contributed by atoms with Crippen molar-refractivity contribution in [1.29, 1.82) is 0 Å². The number of anilines is 1. The van der Waals surface area contributed by atoms with Crippen LogP contribution in [0.1, 0.15) is 24.0 Å². The molecule has 0 atom stereocenters. The van der Waals surface area contributed by atoms with Crippen LogP contribution in [0.5, 0.6) is 5.75 Å². The van der Waals surface area contributed by atoms with Crippen LogP contribution in [0, 0.1) is 13.8 Å². The molecule has 2 aromatic carbocycles. The summed E-state index contributed by atoms with van der Waals surface area (Å²) in [6, 6.07) is 11.6. The number of benzene rings is 2. The van der Waals surface area contributed by atoms with E-state index in [-0.39, 0.29) is 17.4 Å². The molecule has 0 bridgehead atoms. The lowest BCUT2D eigenvalue weighted by molar-refractivity contribution is -0.132. The monoisotopic (exact) mass is 388 g/mol. The van der Waals surface area contributed by atoms with E-state index >= 15 is 0 Å². The van der Waals surface area contributed by atoms with Gasteiger partial charge in [0, 0.05) is 18.8 Å². The summed E-state index contributed by atoms with van der Waals surface area (Å²) < 4.78 is 33.2. The van der Waals surface area contributed by atoms with Gasteiger partial charge in [-0.25, -0.2) is 8.42 Å². The molecule has 27 heavy (non-hydrogen) atoms. The van der Waals surface area contributed by atoms with E-state index in [4.69, 9.17) is 4.74 Å². The van der Waals surface area contributed by atoms with E-state index < -0.39 is 10.0 Å². The molecule has 1 N–H and O–H groups in total. The Labute approximate surface area is 160 Å². The molecule has 1 aliphatic rings. The number of carbonyl (C=O) groups excluding carboxylic acids is 1. The summed E-state index contributed by atoms with van der Waals surface area (Å²) in [5.41, 5.74) is 2.50. The third-order valence-electron chi connectivity index (χ3n) is 4.43. The molecule has 7 heteroatoms. The number of carbonyl (C=O) groups is 1. The number of amides is 1. The molecule has 0 radical (unpaired) electrons. The first-order chi connectivity index (χ1) is 12.8. The first kappa shape index (κ1) is 19.2. The summed E-state index contributed by atoms with van der Waals surface area (Å²) in [6.07, 6.45) is 2.07. The van der Waals surface area contributed by atoms with E-state index in [1.807, 2.05) is 19.9 Å². The van der Waals surface area contributed by atoms with Crippen LogP contribution in [-0.2, 0) is 14.8 Å². The number of hydrogen-bond donors (Lipinski definition) is 1. The molecule has 1 fully saturated rings. The molecule has 1 amide bonds. The van der Waals surface area contributed by atoms with E-state index in [2.05, 4.69) is 4.72 Å². The van der Waals surface area contributed by atoms with Crippen molar-refractivity contribution in [3.8, 4) is 5.75 Å². The number of nitrogens with one attached hydrogen (secondary N) is 1. The van der Waals surface area contributed by atoms with Gasteiger partial charge < -0.3 is 9.64 Å². The number of sulfonamides is 1. The molecule has 3 rings (SSSR count). The third-order valence-corrected chi connectivity index (χ3v) is 5.83. The number of ether oxygens (including phenoxy) is 1. The molecule has 0 unspecified atom stereocenters. The van der Waals surface area contributed by atoms with Crippen LogP contribution in [0.4, 0.5) is 5.69 Å².